The summed E-state index contributed by atoms with van der Waals surface area (Å²) in [6, 6.07) is 7.65. The first kappa shape index (κ1) is 18.4. The SMILES string of the molecule is COCCNCC(=O)N1CCCN(C(=O)c2cccc(C)c2)CC1. The van der Waals surface area contributed by atoms with Crippen LogP contribution < -0.4 is 5.32 Å². The quantitative estimate of drug-likeness (QED) is 0.786. The van der Waals surface area contributed by atoms with Crippen molar-refractivity contribution in [2.45, 2.75) is 13.3 Å². The van der Waals surface area contributed by atoms with Crippen molar-refractivity contribution in [3.63, 3.8) is 0 Å². The molecule has 1 N–H and O–H groups in total. The molecule has 1 heterocycles. The molecule has 6 nitrogen and oxygen atoms in total. The van der Waals surface area contributed by atoms with Crippen molar-refractivity contribution in [2.24, 2.45) is 0 Å². The van der Waals surface area contributed by atoms with Gasteiger partial charge in [0.15, 0.2) is 0 Å². The molecule has 6 heteroatoms. The summed E-state index contributed by atoms with van der Waals surface area (Å²) < 4.78 is 4.95. The maximum atomic E-state index is 12.6. The maximum absolute atomic E-state index is 12.6. The van der Waals surface area contributed by atoms with Crippen LogP contribution in [0.2, 0.25) is 0 Å². The van der Waals surface area contributed by atoms with Crippen LogP contribution >= 0.6 is 0 Å². The van der Waals surface area contributed by atoms with Crippen LogP contribution in [0.25, 0.3) is 0 Å². The van der Waals surface area contributed by atoms with Crippen LogP contribution in [0.1, 0.15) is 22.3 Å². The lowest BCUT2D eigenvalue weighted by atomic mass is 10.1. The Kier molecular flexibility index (Phi) is 7.21. The number of hydrogen-bond donors (Lipinski definition) is 1. The fourth-order valence-electron chi connectivity index (χ4n) is 2.81. The monoisotopic (exact) mass is 333 g/mol. The van der Waals surface area contributed by atoms with Crippen LogP contribution in [-0.4, -0.2) is 74.6 Å². The topological polar surface area (TPSA) is 61.9 Å². The minimum atomic E-state index is 0.0474. The number of nitrogens with zero attached hydrogens (tertiary/aromatic N) is 2. The second kappa shape index (κ2) is 9.39. The molecule has 0 unspecified atom stereocenters. The van der Waals surface area contributed by atoms with Gasteiger partial charge in [-0.1, -0.05) is 17.7 Å². The van der Waals surface area contributed by atoms with Gasteiger partial charge in [0.05, 0.1) is 13.2 Å². The normalized spacial score (nSPS) is 15.2. The van der Waals surface area contributed by atoms with Crippen LogP contribution in [0, 0.1) is 6.92 Å². The van der Waals surface area contributed by atoms with Gasteiger partial charge in [-0.3, -0.25) is 9.59 Å². The standard InChI is InChI=1S/C18H27N3O3/c1-15-5-3-6-16(13-15)18(23)21-9-4-8-20(10-11-21)17(22)14-19-7-12-24-2/h3,5-6,13,19H,4,7-12,14H2,1-2H3. The number of rotatable bonds is 6. The molecule has 0 bridgehead atoms. The van der Waals surface area contributed by atoms with Gasteiger partial charge >= 0.3 is 0 Å². The van der Waals surface area contributed by atoms with E-state index in [0.29, 0.717) is 45.9 Å². The number of methoxy groups -OCH3 is 1. The molecule has 0 saturated carbocycles. The molecule has 0 atom stereocenters. The summed E-state index contributed by atoms with van der Waals surface area (Å²) in [5, 5.41) is 3.07. The average molecular weight is 333 g/mol. The summed E-state index contributed by atoms with van der Waals surface area (Å²) in [6.07, 6.45) is 0.807. The largest absolute Gasteiger partial charge is 0.383 e. The number of carbonyl (C=O) groups is 2. The van der Waals surface area contributed by atoms with Gasteiger partial charge in [-0.2, -0.15) is 0 Å². The highest BCUT2D eigenvalue weighted by Crippen LogP contribution is 2.11. The number of carbonyl (C=O) groups excluding carboxylic acids is 2. The molecule has 1 fully saturated rings. The number of hydrogen-bond acceptors (Lipinski definition) is 4. The fraction of sp³-hybridized carbons (Fsp3) is 0.556. The third kappa shape index (κ3) is 5.32. The van der Waals surface area contributed by atoms with E-state index in [1.54, 1.807) is 7.11 Å². The van der Waals surface area contributed by atoms with Crippen LogP contribution in [0.3, 0.4) is 0 Å². The van der Waals surface area contributed by atoms with Gasteiger partial charge in [-0.05, 0) is 25.5 Å². The minimum absolute atomic E-state index is 0.0474. The lowest BCUT2D eigenvalue weighted by molar-refractivity contribution is -0.130. The Morgan fingerprint density at radius 2 is 1.92 bits per heavy atom. The van der Waals surface area contributed by atoms with E-state index < -0.39 is 0 Å². The first-order valence-electron chi connectivity index (χ1n) is 8.45. The number of aryl methyl sites for hydroxylation is 1. The third-order valence-corrected chi connectivity index (χ3v) is 4.16. The van der Waals surface area contributed by atoms with E-state index in [4.69, 9.17) is 4.74 Å². The lowest BCUT2D eigenvalue weighted by Crippen LogP contribution is -2.41. The third-order valence-electron chi connectivity index (χ3n) is 4.16. The first-order valence-corrected chi connectivity index (χ1v) is 8.45. The summed E-state index contributed by atoms with van der Waals surface area (Å²) >= 11 is 0. The molecule has 1 aliphatic rings. The van der Waals surface area contributed by atoms with E-state index in [0.717, 1.165) is 17.5 Å². The average Bonchev–Trinajstić information content (AvgIpc) is 2.84. The summed E-state index contributed by atoms with van der Waals surface area (Å²) in [5.41, 5.74) is 1.80. The molecule has 1 aromatic rings. The molecule has 2 rings (SSSR count). The van der Waals surface area contributed by atoms with Crippen molar-refractivity contribution in [1.29, 1.82) is 0 Å². The van der Waals surface area contributed by atoms with E-state index >= 15 is 0 Å². The zero-order valence-corrected chi connectivity index (χ0v) is 14.6. The second-order valence-electron chi connectivity index (χ2n) is 6.07. The summed E-state index contributed by atoms with van der Waals surface area (Å²) in [7, 11) is 1.64. The van der Waals surface area contributed by atoms with Crippen molar-refractivity contribution in [1.82, 2.24) is 15.1 Å². The molecule has 132 valence electrons. The van der Waals surface area contributed by atoms with E-state index in [-0.39, 0.29) is 11.8 Å². The van der Waals surface area contributed by atoms with Crippen molar-refractivity contribution < 1.29 is 14.3 Å². The molecular weight excluding hydrogens is 306 g/mol. The highest BCUT2D eigenvalue weighted by Gasteiger charge is 2.22. The van der Waals surface area contributed by atoms with Gasteiger partial charge in [0.2, 0.25) is 5.91 Å². The van der Waals surface area contributed by atoms with E-state index in [9.17, 15) is 9.59 Å². The van der Waals surface area contributed by atoms with Gasteiger partial charge < -0.3 is 19.9 Å². The van der Waals surface area contributed by atoms with Crippen LogP contribution in [0.5, 0.6) is 0 Å². The molecule has 2 amide bonds. The zero-order chi connectivity index (χ0) is 17.4. The molecule has 0 aromatic heterocycles. The van der Waals surface area contributed by atoms with Crippen molar-refractivity contribution in [2.75, 3.05) is 53.0 Å². The van der Waals surface area contributed by atoms with Gasteiger partial charge in [0.25, 0.3) is 5.91 Å². The van der Waals surface area contributed by atoms with Crippen molar-refractivity contribution >= 4 is 11.8 Å². The van der Waals surface area contributed by atoms with Crippen LogP contribution in [-0.2, 0) is 9.53 Å². The Bertz CT molecular complexity index is 562. The van der Waals surface area contributed by atoms with E-state index in [2.05, 4.69) is 5.32 Å². The molecule has 1 aromatic carbocycles. The molecule has 24 heavy (non-hydrogen) atoms. The van der Waals surface area contributed by atoms with E-state index in [1.165, 1.54) is 0 Å². The Morgan fingerprint density at radius 3 is 2.67 bits per heavy atom. The number of amides is 2. The predicted octanol–water partition coefficient (Wildman–Crippen LogP) is 0.906. The zero-order valence-electron chi connectivity index (χ0n) is 14.6. The predicted molar refractivity (Wildman–Crippen MR) is 93.0 cm³/mol. The summed E-state index contributed by atoms with van der Waals surface area (Å²) in [6.45, 7) is 6.10. The van der Waals surface area contributed by atoms with Gasteiger partial charge in [0.1, 0.15) is 0 Å². The van der Waals surface area contributed by atoms with Crippen molar-refractivity contribution in [3.05, 3.63) is 35.4 Å². The highest BCUT2D eigenvalue weighted by atomic mass is 16.5. The molecule has 1 aliphatic heterocycles. The number of nitrogens with one attached hydrogen (secondary N) is 1. The molecule has 0 aliphatic carbocycles. The Labute approximate surface area is 143 Å². The minimum Gasteiger partial charge on any atom is -0.383 e. The molecule has 0 spiro atoms. The maximum Gasteiger partial charge on any atom is 0.253 e. The molecule has 0 radical (unpaired) electrons. The smallest absolute Gasteiger partial charge is 0.253 e. The Hall–Kier alpha value is -1.92. The number of benzene rings is 1. The van der Waals surface area contributed by atoms with E-state index in [1.807, 2.05) is 41.0 Å². The summed E-state index contributed by atoms with van der Waals surface area (Å²) in [5.74, 6) is 0.127. The highest BCUT2D eigenvalue weighted by molar-refractivity contribution is 5.94. The van der Waals surface area contributed by atoms with Gasteiger partial charge in [-0.25, -0.2) is 0 Å². The second-order valence-corrected chi connectivity index (χ2v) is 6.07. The summed E-state index contributed by atoms with van der Waals surface area (Å²) in [4.78, 5) is 28.5. The Balaban J connectivity index is 1.85. The van der Waals surface area contributed by atoms with Crippen LogP contribution in [0.15, 0.2) is 24.3 Å². The molecule has 1 saturated heterocycles. The lowest BCUT2D eigenvalue weighted by Gasteiger charge is -2.22. The number of ether oxygens (including phenoxy) is 1. The fourth-order valence-corrected chi connectivity index (χ4v) is 2.81. The first-order chi connectivity index (χ1) is 11.6. The van der Waals surface area contributed by atoms with Gasteiger partial charge in [0, 0.05) is 45.4 Å². The Morgan fingerprint density at radius 1 is 1.17 bits per heavy atom. The van der Waals surface area contributed by atoms with Gasteiger partial charge in [-0.15, -0.1) is 0 Å². The molecular formula is C18H27N3O3. The van der Waals surface area contributed by atoms with Crippen LogP contribution in [0.4, 0.5) is 0 Å². The van der Waals surface area contributed by atoms with Crippen molar-refractivity contribution in [3.8, 4) is 0 Å².